The molecule has 1 atom stereocenters. The Morgan fingerprint density at radius 1 is 1.10 bits per heavy atom. The molecule has 3 nitrogen and oxygen atoms in total. The second-order valence-corrected chi connectivity index (χ2v) is 5.99. The molecule has 0 aromatic heterocycles. The summed E-state index contributed by atoms with van der Waals surface area (Å²) in [5.74, 6) is 1.44. The predicted octanol–water partition coefficient (Wildman–Crippen LogP) is 4.11. The van der Waals surface area contributed by atoms with Crippen LogP contribution in [0.4, 0.5) is 0 Å². The van der Waals surface area contributed by atoms with Crippen LogP contribution in [-0.4, -0.2) is 25.4 Å². The zero-order valence-corrected chi connectivity index (χ0v) is 13.1. The van der Waals surface area contributed by atoms with Crippen LogP contribution in [0.25, 0.3) is 0 Å². The topological polar surface area (TPSA) is 38.7 Å². The normalized spacial score (nSPS) is 18.2. The number of benzene rings is 1. The number of aliphatic hydroxyl groups excluding tert-OH is 1. The highest BCUT2D eigenvalue weighted by molar-refractivity contribution is 5.35. The first-order valence-corrected chi connectivity index (χ1v) is 8.20. The van der Waals surface area contributed by atoms with Gasteiger partial charge in [-0.1, -0.05) is 56.7 Å². The SMILES string of the molecule is COCCOc1ccccc1C(O)CC1CCCCCC1. The number of para-hydroxylation sites is 1. The van der Waals surface area contributed by atoms with Crippen molar-refractivity contribution < 1.29 is 14.6 Å². The van der Waals surface area contributed by atoms with Crippen LogP contribution in [0, 0.1) is 5.92 Å². The van der Waals surface area contributed by atoms with Crippen LogP contribution in [-0.2, 0) is 4.74 Å². The second-order valence-electron chi connectivity index (χ2n) is 5.99. The summed E-state index contributed by atoms with van der Waals surface area (Å²) >= 11 is 0. The van der Waals surface area contributed by atoms with E-state index in [0.717, 1.165) is 17.7 Å². The molecule has 0 radical (unpaired) electrons. The summed E-state index contributed by atoms with van der Waals surface area (Å²) in [7, 11) is 1.66. The lowest BCUT2D eigenvalue weighted by Gasteiger charge is -2.21. The van der Waals surface area contributed by atoms with Gasteiger partial charge in [0.1, 0.15) is 12.4 Å². The second kappa shape index (κ2) is 9.06. The maximum atomic E-state index is 10.6. The van der Waals surface area contributed by atoms with E-state index >= 15 is 0 Å². The van der Waals surface area contributed by atoms with Gasteiger partial charge >= 0.3 is 0 Å². The van der Waals surface area contributed by atoms with Gasteiger partial charge in [-0.15, -0.1) is 0 Å². The Labute approximate surface area is 128 Å². The van der Waals surface area contributed by atoms with Gasteiger partial charge in [-0.05, 0) is 18.4 Å². The average Bonchev–Trinajstić information content (AvgIpc) is 2.76. The number of ether oxygens (including phenoxy) is 2. The minimum atomic E-state index is -0.424. The molecular weight excluding hydrogens is 264 g/mol. The predicted molar refractivity (Wildman–Crippen MR) is 84.6 cm³/mol. The Kier molecular flexibility index (Phi) is 7.04. The summed E-state index contributed by atoms with van der Waals surface area (Å²) in [4.78, 5) is 0. The van der Waals surface area contributed by atoms with Gasteiger partial charge in [0.2, 0.25) is 0 Å². The first kappa shape index (κ1) is 16.3. The van der Waals surface area contributed by atoms with E-state index < -0.39 is 6.10 Å². The third kappa shape index (κ3) is 5.33. The fourth-order valence-corrected chi connectivity index (χ4v) is 3.16. The summed E-state index contributed by atoms with van der Waals surface area (Å²) < 4.78 is 10.7. The molecule has 1 aliphatic carbocycles. The highest BCUT2D eigenvalue weighted by Gasteiger charge is 2.20. The van der Waals surface area contributed by atoms with Gasteiger partial charge in [-0.2, -0.15) is 0 Å². The minimum absolute atomic E-state index is 0.424. The van der Waals surface area contributed by atoms with E-state index in [1.54, 1.807) is 7.11 Å². The van der Waals surface area contributed by atoms with Crippen molar-refractivity contribution in [2.45, 2.75) is 51.0 Å². The summed E-state index contributed by atoms with van der Waals surface area (Å²) in [6.45, 7) is 1.08. The first-order valence-electron chi connectivity index (χ1n) is 8.20. The summed E-state index contributed by atoms with van der Waals surface area (Å²) in [5, 5.41) is 10.6. The van der Waals surface area contributed by atoms with E-state index in [9.17, 15) is 5.11 Å². The van der Waals surface area contributed by atoms with Crippen LogP contribution in [0.1, 0.15) is 56.6 Å². The van der Waals surface area contributed by atoms with E-state index in [2.05, 4.69) is 0 Å². The average molecular weight is 292 g/mol. The van der Waals surface area contributed by atoms with Gasteiger partial charge in [0.25, 0.3) is 0 Å². The van der Waals surface area contributed by atoms with Crippen molar-refractivity contribution in [3.63, 3.8) is 0 Å². The molecule has 0 heterocycles. The number of hydrogen-bond donors (Lipinski definition) is 1. The van der Waals surface area contributed by atoms with E-state index in [-0.39, 0.29) is 0 Å². The fraction of sp³-hybridized carbons (Fsp3) is 0.667. The molecule has 21 heavy (non-hydrogen) atoms. The van der Waals surface area contributed by atoms with Crippen molar-refractivity contribution in [2.75, 3.05) is 20.3 Å². The number of aliphatic hydroxyl groups is 1. The zero-order chi connectivity index (χ0) is 14.9. The smallest absolute Gasteiger partial charge is 0.125 e. The molecule has 1 aliphatic rings. The minimum Gasteiger partial charge on any atom is -0.491 e. The molecule has 0 amide bonds. The van der Waals surface area contributed by atoms with Crippen LogP contribution in [0.3, 0.4) is 0 Å². The molecule has 0 saturated heterocycles. The number of rotatable bonds is 7. The van der Waals surface area contributed by atoms with Crippen molar-refractivity contribution in [3.8, 4) is 5.75 Å². The van der Waals surface area contributed by atoms with E-state index in [1.807, 2.05) is 24.3 Å². The van der Waals surface area contributed by atoms with Gasteiger partial charge in [0.05, 0.1) is 12.7 Å². The maximum Gasteiger partial charge on any atom is 0.125 e. The molecule has 1 saturated carbocycles. The third-order valence-corrected chi connectivity index (χ3v) is 4.35. The number of hydrogen-bond acceptors (Lipinski definition) is 3. The van der Waals surface area contributed by atoms with Crippen molar-refractivity contribution in [2.24, 2.45) is 5.92 Å². The summed E-state index contributed by atoms with van der Waals surface area (Å²) in [6, 6.07) is 7.82. The Balaban J connectivity index is 1.95. The molecule has 3 heteroatoms. The third-order valence-electron chi connectivity index (χ3n) is 4.35. The largest absolute Gasteiger partial charge is 0.491 e. The van der Waals surface area contributed by atoms with Gasteiger partial charge in [0, 0.05) is 12.7 Å². The lowest BCUT2D eigenvalue weighted by atomic mass is 9.91. The number of methoxy groups -OCH3 is 1. The van der Waals surface area contributed by atoms with Gasteiger partial charge in [0.15, 0.2) is 0 Å². The van der Waals surface area contributed by atoms with Gasteiger partial charge in [-0.3, -0.25) is 0 Å². The standard InChI is InChI=1S/C18H28O3/c1-20-12-13-21-18-11-7-6-10-16(18)17(19)14-15-8-4-2-3-5-9-15/h6-7,10-11,15,17,19H,2-5,8-9,12-14H2,1H3. The van der Waals surface area contributed by atoms with Crippen LogP contribution in [0.2, 0.25) is 0 Å². The van der Waals surface area contributed by atoms with Crippen molar-refractivity contribution in [1.82, 2.24) is 0 Å². The molecule has 0 spiro atoms. The Morgan fingerprint density at radius 2 is 1.81 bits per heavy atom. The van der Waals surface area contributed by atoms with Crippen LogP contribution in [0.5, 0.6) is 5.75 Å². The molecule has 0 aliphatic heterocycles. The van der Waals surface area contributed by atoms with E-state index in [1.165, 1.54) is 38.5 Å². The van der Waals surface area contributed by atoms with E-state index in [0.29, 0.717) is 19.1 Å². The van der Waals surface area contributed by atoms with Crippen molar-refractivity contribution in [3.05, 3.63) is 29.8 Å². The molecule has 1 unspecified atom stereocenters. The van der Waals surface area contributed by atoms with E-state index in [4.69, 9.17) is 9.47 Å². The van der Waals surface area contributed by atoms with Crippen LogP contribution < -0.4 is 4.74 Å². The molecule has 1 aromatic rings. The monoisotopic (exact) mass is 292 g/mol. The molecule has 1 N–H and O–H groups in total. The first-order chi connectivity index (χ1) is 10.3. The zero-order valence-electron chi connectivity index (χ0n) is 13.1. The lowest BCUT2D eigenvalue weighted by Crippen LogP contribution is -2.10. The molecule has 2 rings (SSSR count). The lowest BCUT2D eigenvalue weighted by molar-refractivity contribution is 0.125. The highest BCUT2D eigenvalue weighted by Crippen LogP contribution is 2.34. The summed E-state index contributed by atoms with van der Waals surface area (Å²) in [5.41, 5.74) is 0.915. The molecule has 0 bridgehead atoms. The molecule has 118 valence electrons. The van der Waals surface area contributed by atoms with Crippen molar-refractivity contribution >= 4 is 0 Å². The highest BCUT2D eigenvalue weighted by atomic mass is 16.5. The van der Waals surface area contributed by atoms with Crippen molar-refractivity contribution in [1.29, 1.82) is 0 Å². The Hall–Kier alpha value is -1.06. The fourth-order valence-electron chi connectivity index (χ4n) is 3.16. The van der Waals surface area contributed by atoms with Gasteiger partial charge in [-0.25, -0.2) is 0 Å². The van der Waals surface area contributed by atoms with Gasteiger partial charge < -0.3 is 14.6 Å². The summed E-state index contributed by atoms with van der Waals surface area (Å²) in [6.07, 6.45) is 8.25. The van der Waals surface area contributed by atoms with Crippen LogP contribution in [0.15, 0.2) is 24.3 Å². The molecule has 1 aromatic carbocycles. The maximum absolute atomic E-state index is 10.6. The quantitative estimate of drug-likeness (QED) is 0.607. The molecular formula is C18H28O3. The van der Waals surface area contributed by atoms with Crippen LogP contribution >= 0.6 is 0 Å². The Morgan fingerprint density at radius 3 is 2.52 bits per heavy atom. The molecule has 1 fully saturated rings. The Bertz CT molecular complexity index is 397.